The van der Waals surface area contributed by atoms with Crippen molar-refractivity contribution in [3.05, 3.63) is 35.4 Å². The second kappa shape index (κ2) is 6.75. The molecule has 0 saturated carbocycles. The van der Waals surface area contributed by atoms with Gasteiger partial charge in [0.25, 0.3) is 0 Å². The molecule has 0 atom stereocenters. The summed E-state index contributed by atoms with van der Waals surface area (Å²) in [5.41, 5.74) is 0.698. The first-order valence-electron chi connectivity index (χ1n) is 4.96. The number of nitrogens with one attached hydrogen (secondary N) is 1. The predicted molar refractivity (Wildman–Crippen MR) is 64.6 cm³/mol. The van der Waals surface area contributed by atoms with Crippen LogP contribution in [0.25, 0.3) is 0 Å². The van der Waals surface area contributed by atoms with Crippen molar-refractivity contribution in [2.45, 2.75) is 6.92 Å². The number of hydrogen-bond acceptors (Lipinski definition) is 5. The van der Waals surface area contributed by atoms with Crippen molar-refractivity contribution < 1.29 is 14.3 Å². The minimum Gasteiger partial charge on any atom is -0.489 e. The predicted octanol–water partition coefficient (Wildman–Crippen LogP) is 2.20. The molecule has 0 bridgehead atoms. The number of ether oxygens (including phenoxy) is 2. The minimum atomic E-state index is -0.525. The number of pyridine rings is 1. The van der Waals surface area contributed by atoms with Crippen LogP contribution < -0.4 is 5.32 Å². The highest BCUT2D eigenvalue weighted by Crippen LogP contribution is 2.12. The van der Waals surface area contributed by atoms with E-state index in [9.17, 15) is 4.79 Å². The zero-order chi connectivity index (χ0) is 12.7. The van der Waals surface area contributed by atoms with Crippen molar-refractivity contribution in [2.24, 2.45) is 0 Å². The summed E-state index contributed by atoms with van der Waals surface area (Å²) in [6.45, 7) is 2.02. The summed E-state index contributed by atoms with van der Waals surface area (Å²) < 4.78 is 9.69. The summed E-state index contributed by atoms with van der Waals surface area (Å²) >= 11 is 5.71. The Morgan fingerprint density at radius 1 is 1.65 bits per heavy atom. The number of methoxy groups -OCH3 is 1. The van der Waals surface area contributed by atoms with Crippen LogP contribution in [0.5, 0.6) is 0 Å². The standard InChI is InChI=1S/C11H13ClN2O3/c1-3-17-11(15)9(16-2)7-14-8-4-5-13-10(12)6-8/h4-7H,3H2,1-2H3,(H,13,14)/b9-7-. The van der Waals surface area contributed by atoms with Crippen molar-refractivity contribution in [3.63, 3.8) is 0 Å². The van der Waals surface area contributed by atoms with Crippen LogP contribution in [0.2, 0.25) is 5.15 Å². The van der Waals surface area contributed by atoms with E-state index in [4.69, 9.17) is 21.1 Å². The van der Waals surface area contributed by atoms with Gasteiger partial charge in [-0.15, -0.1) is 0 Å². The number of carbonyl (C=O) groups excluding carboxylic acids is 1. The van der Waals surface area contributed by atoms with Gasteiger partial charge in [0.05, 0.1) is 19.9 Å². The molecule has 0 aromatic carbocycles. The Labute approximate surface area is 104 Å². The molecule has 0 saturated heterocycles. The number of anilines is 1. The average Bonchev–Trinajstić information content (AvgIpc) is 2.30. The Bertz CT molecular complexity index is 421. The van der Waals surface area contributed by atoms with Gasteiger partial charge >= 0.3 is 5.97 Å². The van der Waals surface area contributed by atoms with Gasteiger partial charge in [-0.25, -0.2) is 9.78 Å². The van der Waals surface area contributed by atoms with Crippen molar-refractivity contribution in [1.82, 2.24) is 4.98 Å². The number of nitrogens with zero attached hydrogens (tertiary/aromatic N) is 1. The minimum absolute atomic E-state index is 0.0831. The van der Waals surface area contributed by atoms with Crippen LogP contribution in [0.15, 0.2) is 30.3 Å². The SMILES string of the molecule is CCOC(=O)/C(=C/Nc1ccnc(Cl)c1)OC. The molecule has 0 aliphatic rings. The summed E-state index contributed by atoms with van der Waals surface area (Å²) in [5.74, 6) is -0.442. The number of aromatic nitrogens is 1. The zero-order valence-electron chi connectivity index (χ0n) is 9.57. The maximum Gasteiger partial charge on any atom is 0.375 e. The molecule has 0 aliphatic heterocycles. The Balaban J connectivity index is 2.70. The molecule has 0 fully saturated rings. The fourth-order valence-electron chi connectivity index (χ4n) is 1.04. The molecular formula is C11H13ClN2O3. The van der Waals surface area contributed by atoms with E-state index in [1.54, 1.807) is 25.3 Å². The molecule has 0 spiro atoms. The van der Waals surface area contributed by atoms with Gasteiger partial charge in [-0.3, -0.25) is 0 Å². The summed E-state index contributed by atoms with van der Waals surface area (Å²) in [7, 11) is 1.39. The van der Waals surface area contributed by atoms with Crippen LogP contribution in [0.4, 0.5) is 5.69 Å². The van der Waals surface area contributed by atoms with Crippen LogP contribution in [-0.2, 0) is 14.3 Å². The highest BCUT2D eigenvalue weighted by atomic mass is 35.5. The summed E-state index contributed by atoms with van der Waals surface area (Å²) in [4.78, 5) is 15.2. The summed E-state index contributed by atoms with van der Waals surface area (Å²) in [6.07, 6.45) is 2.96. The maximum atomic E-state index is 11.4. The molecule has 1 heterocycles. The van der Waals surface area contributed by atoms with Gasteiger partial charge in [0.1, 0.15) is 5.15 Å². The van der Waals surface area contributed by atoms with E-state index in [2.05, 4.69) is 10.3 Å². The Morgan fingerprint density at radius 2 is 2.41 bits per heavy atom. The summed E-state index contributed by atoms with van der Waals surface area (Å²) in [5, 5.41) is 3.22. The lowest BCUT2D eigenvalue weighted by Crippen LogP contribution is -2.10. The van der Waals surface area contributed by atoms with Crippen molar-refractivity contribution in [3.8, 4) is 0 Å². The van der Waals surface area contributed by atoms with E-state index in [1.165, 1.54) is 13.3 Å². The molecule has 0 unspecified atom stereocenters. The number of rotatable bonds is 5. The summed E-state index contributed by atoms with van der Waals surface area (Å²) in [6, 6.07) is 3.33. The zero-order valence-corrected chi connectivity index (χ0v) is 10.3. The molecule has 17 heavy (non-hydrogen) atoms. The molecule has 0 radical (unpaired) electrons. The number of carbonyl (C=O) groups is 1. The molecular weight excluding hydrogens is 244 g/mol. The molecule has 92 valence electrons. The van der Waals surface area contributed by atoms with Gasteiger partial charge in [0.2, 0.25) is 5.76 Å². The Hall–Kier alpha value is -1.75. The molecule has 1 aromatic rings. The largest absolute Gasteiger partial charge is 0.489 e. The van der Waals surface area contributed by atoms with E-state index >= 15 is 0 Å². The van der Waals surface area contributed by atoms with Crippen LogP contribution in [-0.4, -0.2) is 24.7 Å². The topological polar surface area (TPSA) is 60.5 Å². The molecule has 0 amide bonds. The van der Waals surface area contributed by atoms with Crippen LogP contribution in [0.1, 0.15) is 6.92 Å². The van der Waals surface area contributed by atoms with Crippen molar-refractivity contribution >= 4 is 23.3 Å². The third-order valence-corrected chi connectivity index (χ3v) is 2.00. The van der Waals surface area contributed by atoms with Gasteiger partial charge in [-0.1, -0.05) is 11.6 Å². The van der Waals surface area contributed by atoms with Crippen LogP contribution in [0, 0.1) is 0 Å². The van der Waals surface area contributed by atoms with Crippen molar-refractivity contribution in [2.75, 3.05) is 19.0 Å². The van der Waals surface area contributed by atoms with Crippen LogP contribution >= 0.6 is 11.6 Å². The smallest absolute Gasteiger partial charge is 0.375 e. The third kappa shape index (κ3) is 4.32. The van der Waals surface area contributed by atoms with Crippen LogP contribution in [0.3, 0.4) is 0 Å². The lowest BCUT2D eigenvalue weighted by molar-refractivity contribution is -0.142. The van der Waals surface area contributed by atoms with E-state index in [1.807, 2.05) is 0 Å². The average molecular weight is 257 g/mol. The Kier molecular flexibility index (Phi) is 5.29. The molecule has 5 nitrogen and oxygen atoms in total. The Morgan fingerprint density at radius 3 is 3.00 bits per heavy atom. The maximum absolute atomic E-state index is 11.4. The first-order chi connectivity index (χ1) is 8.17. The van der Waals surface area contributed by atoms with Gasteiger partial charge in [0, 0.05) is 11.9 Å². The first kappa shape index (κ1) is 13.3. The van der Waals surface area contributed by atoms with Crippen molar-refractivity contribution in [1.29, 1.82) is 0 Å². The first-order valence-corrected chi connectivity index (χ1v) is 5.34. The molecule has 1 N–H and O–H groups in total. The van der Waals surface area contributed by atoms with E-state index in [0.717, 1.165) is 0 Å². The molecule has 0 aliphatic carbocycles. The normalized spacial score (nSPS) is 10.9. The van der Waals surface area contributed by atoms with Gasteiger partial charge < -0.3 is 14.8 Å². The number of hydrogen-bond donors (Lipinski definition) is 1. The van der Waals surface area contributed by atoms with Gasteiger partial charge in [-0.2, -0.15) is 0 Å². The highest BCUT2D eigenvalue weighted by Gasteiger charge is 2.09. The fraction of sp³-hybridized carbons (Fsp3) is 0.273. The second-order valence-electron chi connectivity index (χ2n) is 2.94. The monoisotopic (exact) mass is 256 g/mol. The van der Waals surface area contributed by atoms with Gasteiger partial charge in [0.15, 0.2) is 0 Å². The van der Waals surface area contributed by atoms with E-state index in [-0.39, 0.29) is 5.76 Å². The number of esters is 1. The molecule has 1 rings (SSSR count). The lowest BCUT2D eigenvalue weighted by Gasteiger charge is -2.06. The molecule has 1 aromatic heterocycles. The highest BCUT2D eigenvalue weighted by molar-refractivity contribution is 6.29. The fourth-order valence-corrected chi connectivity index (χ4v) is 1.22. The number of halogens is 1. The quantitative estimate of drug-likeness (QED) is 0.379. The second-order valence-corrected chi connectivity index (χ2v) is 3.33. The molecule has 6 heteroatoms. The van der Waals surface area contributed by atoms with E-state index in [0.29, 0.717) is 17.4 Å². The van der Waals surface area contributed by atoms with E-state index < -0.39 is 5.97 Å². The lowest BCUT2D eigenvalue weighted by atomic mass is 10.4. The van der Waals surface area contributed by atoms with Gasteiger partial charge in [-0.05, 0) is 19.1 Å². The third-order valence-electron chi connectivity index (χ3n) is 1.79.